The number of carboxylic acids is 1. The van der Waals surface area contributed by atoms with Gasteiger partial charge >= 0.3 is 5.97 Å². The topological polar surface area (TPSA) is 49.8 Å². The van der Waals surface area contributed by atoms with Crippen molar-refractivity contribution in [2.75, 3.05) is 19.8 Å². The van der Waals surface area contributed by atoms with Gasteiger partial charge in [0.05, 0.1) is 19.1 Å². The van der Waals surface area contributed by atoms with Crippen LogP contribution in [0.1, 0.15) is 25.0 Å². The Balaban J connectivity index is 2.05. The molecule has 0 bridgehead atoms. The quantitative estimate of drug-likeness (QED) is 0.866. The summed E-state index contributed by atoms with van der Waals surface area (Å²) in [5.41, 5.74) is 2.55. The van der Waals surface area contributed by atoms with Gasteiger partial charge < -0.3 is 9.84 Å². The van der Waals surface area contributed by atoms with Gasteiger partial charge in [-0.25, -0.2) is 0 Å². The third kappa shape index (κ3) is 3.38. The van der Waals surface area contributed by atoms with Gasteiger partial charge in [-0.2, -0.15) is 0 Å². The Hall–Kier alpha value is -1.39. The Bertz CT molecular complexity index is 444. The Morgan fingerprint density at radius 3 is 2.45 bits per heavy atom. The van der Waals surface area contributed by atoms with Crippen molar-refractivity contribution in [1.82, 2.24) is 4.90 Å². The summed E-state index contributed by atoms with van der Waals surface area (Å²) in [5, 5.41) is 9.26. The number of carbonyl (C=O) groups is 1. The number of benzene rings is 1. The van der Waals surface area contributed by atoms with E-state index in [9.17, 15) is 9.90 Å². The fourth-order valence-electron chi connectivity index (χ4n) is 2.72. The van der Waals surface area contributed by atoms with Crippen LogP contribution in [-0.4, -0.2) is 41.8 Å². The van der Waals surface area contributed by atoms with Gasteiger partial charge in [0.25, 0.3) is 0 Å². The summed E-state index contributed by atoms with van der Waals surface area (Å²) in [6, 6.07) is 8.52. The van der Waals surface area contributed by atoms with E-state index >= 15 is 0 Å². The first kappa shape index (κ1) is 15.0. The SMILES string of the molecule is CCc1ccc(CN(CC)C2COCC2C(=O)O)cc1. The molecule has 0 saturated carbocycles. The fourth-order valence-corrected chi connectivity index (χ4v) is 2.72. The third-order valence-corrected chi connectivity index (χ3v) is 4.06. The molecule has 20 heavy (non-hydrogen) atoms. The molecule has 2 rings (SSSR count). The number of likely N-dealkylation sites (N-methyl/N-ethyl adjacent to an activating group) is 1. The van der Waals surface area contributed by atoms with E-state index in [1.54, 1.807) is 0 Å². The van der Waals surface area contributed by atoms with E-state index in [2.05, 4.69) is 43.0 Å². The van der Waals surface area contributed by atoms with E-state index in [1.165, 1.54) is 11.1 Å². The lowest BCUT2D eigenvalue weighted by molar-refractivity contribution is -0.143. The van der Waals surface area contributed by atoms with E-state index < -0.39 is 11.9 Å². The van der Waals surface area contributed by atoms with Crippen molar-refractivity contribution in [3.8, 4) is 0 Å². The number of nitrogens with zero attached hydrogens (tertiary/aromatic N) is 1. The average Bonchev–Trinajstić information content (AvgIpc) is 2.95. The Morgan fingerprint density at radius 1 is 1.25 bits per heavy atom. The van der Waals surface area contributed by atoms with Crippen LogP contribution in [0.3, 0.4) is 0 Å². The van der Waals surface area contributed by atoms with Gasteiger partial charge in [0.1, 0.15) is 0 Å². The first-order valence-corrected chi connectivity index (χ1v) is 7.28. The van der Waals surface area contributed by atoms with Gasteiger partial charge in [0.2, 0.25) is 0 Å². The van der Waals surface area contributed by atoms with Crippen LogP contribution in [0.4, 0.5) is 0 Å². The van der Waals surface area contributed by atoms with Crippen molar-refractivity contribution in [2.24, 2.45) is 5.92 Å². The molecule has 1 aliphatic rings. The fraction of sp³-hybridized carbons (Fsp3) is 0.562. The molecule has 0 aliphatic carbocycles. The smallest absolute Gasteiger partial charge is 0.310 e. The highest BCUT2D eigenvalue weighted by atomic mass is 16.5. The number of aliphatic carboxylic acids is 1. The maximum atomic E-state index is 11.3. The highest BCUT2D eigenvalue weighted by Gasteiger charge is 2.37. The van der Waals surface area contributed by atoms with Gasteiger partial charge in [-0.15, -0.1) is 0 Å². The molecule has 1 fully saturated rings. The van der Waals surface area contributed by atoms with E-state index in [-0.39, 0.29) is 6.04 Å². The Morgan fingerprint density at radius 2 is 1.90 bits per heavy atom. The van der Waals surface area contributed by atoms with Crippen LogP contribution in [0.15, 0.2) is 24.3 Å². The molecule has 1 aromatic rings. The molecule has 4 nitrogen and oxygen atoms in total. The van der Waals surface area contributed by atoms with Crippen LogP contribution in [-0.2, 0) is 22.5 Å². The molecule has 1 heterocycles. The number of carboxylic acid groups (broad SMARTS) is 1. The van der Waals surface area contributed by atoms with Crippen LogP contribution in [0, 0.1) is 5.92 Å². The second-order valence-corrected chi connectivity index (χ2v) is 5.28. The number of ether oxygens (including phenoxy) is 1. The second kappa shape index (κ2) is 6.86. The zero-order valence-electron chi connectivity index (χ0n) is 12.2. The highest BCUT2D eigenvalue weighted by molar-refractivity contribution is 5.71. The molecule has 2 unspecified atom stereocenters. The highest BCUT2D eigenvalue weighted by Crippen LogP contribution is 2.22. The largest absolute Gasteiger partial charge is 0.481 e. The minimum absolute atomic E-state index is 0.0247. The standard InChI is InChI=1S/C16H23NO3/c1-3-12-5-7-13(8-6-12)9-17(4-2)15-11-20-10-14(15)16(18)19/h5-8,14-15H,3-4,9-11H2,1-2H3,(H,18,19). The van der Waals surface area contributed by atoms with Crippen LogP contribution in [0.2, 0.25) is 0 Å². The van der Waals surface area contributed by atoms with Crippen molar-refractivity contribution in [2.45, 2.75) is 32.9 Å². The maximum absolute atomic E-state index is 11.3. The monoisotopic (exact) mass is 277 g/mol. The van der Waals surface area contributed by atoms with Crippen molar-refractivity contribution < 1.29 is 14.6 Å². The van der Waals surface area contributed by atoms with Gasteiger partial charge in [0, 0.05) is 12.6 Å². The van der Waals surface area contributed by atoms with E-state index in [0.717, 1.165) is 19.5 Å². The van der Waals surface area contributed by atoms with E-state index in [1.807, 2.05) is 0 Å². The van der Waals surface area contributed by atoms with Crippen molar-refractivity contribution in [3.05, 3.63) is 35.4 Å². The van der Waals surface area contributed by atoms with Gasteiger partial charge in [-0.05, 0) is 24.1 Å². The summed E-state index contributed by atoms with van der Waals surface area (Å²) < 4.78 is 5.37. The van der Waals surface area contributed by atoms with Crippen molar-refractivity contribution in [1.29, 1.82) is 0 Å². The number of rotatable bonds is 6. The number of aryl methyl sites for hydroxylation is 1. The first-order valence-electron chi connectivity index (χ1n) is 7.28. The van der Waals surface area contributed by atoms with Crippen LogP contribution < -0.4 is 0 Å². The molecule has 1 saturated heterocycles. The maximum Gasteiger partial charge on any atom is 0.310 e. The molecular weight excluding hydrogens is 254 g/mol. The molecular formula is C16H23NO3. The molecule has 0 aromatic heterocycles. The molecule has 1 N–H and O–H groups in total. The first-order chi connectivity index (χ1) is 9.65. The molecule has 1 aromatic carbocycles. The molecule has 2 atom stereocenters. The number of hydrogen-bond acceptors (Lipinski definition) is 3. The van der Waals surface area contributed by atoms with Crippen LogP contribution >= 0.6 is 0 Å². The number of hydrogen-bond donors (Lipinski definition) is 1. The van der Waals surface area contributed by atoms with Crippen LogP contribution in [0.25, 0.3) is 0 Å². The summed E-state index contributed by atoms with van der Waals surface area (Å²) in [6.45, 7) is 6.65. The predicted octanol–water partition coefficient (Wildman–Crippen LogP) is 2.17. The minimum atomic E-state index is -0.757. The van der Waals surface area contributed by atoms with Gasteiger partial charge in [-0.1, -0.05) is 38.1 Å². The van der Waals surface area contributed by atoms with E-state index in [4.69, 9.17) is 4.74 Å². The summed E-state index contributed by atoms with van der Waals surface area (Å²) in [6.07, 6.45) is 1.04. The molecule has 1 aliphatic heterocycles. The Labute approximate surface area is 120 Å². The average molecular weight is 277 g/mol. The summed E-state index contributed by atoms with van der Waals surface area (Å²) >= 11 is 0. The second-order valence-electron chi connectivity index (χ2n) is 5.28. The minimum Gasteiger partial charge on any atom is -0.481 e. The normalized spacial score (nSPS) is 22.4. The summed E-state index contributed by atoms with van der Waals surface area (Å²) in [5.74, 6) is -1.17. The zero-order valence-corrected chi connectivity index (χ0v) is 12.2. The molecule has 0 amide bonds. The summed E-state index contributed by atoms with van der Waals surface area (Å²) in [4.78, 5) is 13.5. The third-order valence-electron chi connectivity index (χ3n) is 4.06. The lowest BCUT2D eigenvalue weighted by Crippen LogP contribution is -2.42. The van der Waals surface area contributed by atoms with Crippen LogP contribution in [0.5, 0.6) is 0 Å². The Kier molecular flexibility index (Phi) is 5.15. The summed E-state index contributed by atoms with van der Waals surface area (Å²) in [7, 11) is 0. The molecule has 110 valence electrons. The van der Waals surface area contributed by atoms with Crippen molar-refractivity contribution >= 4 is 5.97 Å². The van der Waals surface area contributed by atoms with Crippen molar-refractivity contribution in [3.63, 3.8) is 0 Å². The lowest BCUT2D eigenvalue weighted by atomic mass is 10.0. The lowest BCUT2D eigenvalue weighted by Gasteiger charge is -2.29. The van der Waals surface area contributed by atoms with Gasteiger partial charge in [-0.3, -0.25) is 9.69 Å². The van der Waals surface area contributed by atoms with E-state index in [0.29, 0.717) is 13.2 Å². The predicted molar refractivity (Wildman–Crippen MR) is 77.6 cm³/mol. The molecule has 4 heteroatoms. The van der Waals surface area contributed by atoms with Gasteiger partial charge in [0.15, 0.2) is 0 Å². The zero-order chi connectivity index (χ0) is 14.5. The molecule has 0 radical (unpaired) electrons. The molecule has 0 spiro atoms.